The SMILES string of the molecule is CCC(CC)(NCC(=O)Nc1nc(C)cs1)C(=O)O. The van der Waals surface area contributed by atoms with Crippen LogP contribution in [-0.4, -0.2) is 34.1 Å². The van der Waals surface area contributed by atoms with Crippen molar-refractivity contribution in [2.75, 3.05) is 11.9 Å². The van der Waals surface area contributed by atoms with Crippen molar-refractivity contribution >= 4 is 28.3 Å². The van der Waals surface area contributed by atoms with Gasteiger partial charge in [0.1, 0.15) is 5.54 Å². The number of carbonyl (C=O) groups excluding carboxylic acids is 1. The molecule has 0 aliphatic heterocycles. The Balaban J connectivity index is 2.55. The Morgan fingerprint density at radius 2 is 2.05 bits per heavy atom. The molecular weight excluding hydrogens is 266 g/mol. The van der Waals surface area contributed by atoms with E-state index in [0.717, 1.165) is 5.69 Å². The maximum Gasteiger partial charge on any atom is 0.323 e. The van der Waals surface area contributed by atoms with Crippen LogP contribution < -0.4 is 10.6 Å². The first kappa shape index (κ1) is 15.6. The number of nitrogens with zero attached hydrogens (tertiary/aromatic N) is 1. The summed E-state index contributed by atoms with van der Waals surface area (Å²) < 4.78 is 0. The third kappa shape index (κ3) is 4.00. The molecule has 0 fully saturated rings. The minimum atomic E-state index is -1.05. The van der Waals surface area contributed by atoms with Gasteiger partial charge in [-0.2, -0.15) is 0 Å². The van der Waals surface area contributed by atoms with Gasteiger partial charge in [-0.15, -0.1) is 11.3 Å². The summed E-state index contributed by atoms with van der Waals surface area (Å²) in [5, 5.41) is 17.0. The van der Waals surface area contributed by atoms with E-state index in [1.165, 1.54) is 11.3 Å². The van der Waals surface area contributed by atoms with Gasteiger partial charge in [-0.05, 0) is 19.8 Å². The molecule has 0 saturated heterocycles. The fourth-order valence-electron chi connectivity index (χ4n) is 1.70. The summed E-state index contributed by atoms with van der Waals surface area (Å²) in [5.74, 6) is -1.22. The quantitative estimate of drug-likeness (QED) is 0.708. The van der Waals surface area contributed by atoms with Gasteiger partial charge in [-0.3, -0.25) is 14.9 Å². The largest absolute Gasteiger partial charge is 0.480 e. The summed E-state index contributed by atoms with van der Waals surface area (Å²) in [6, 6.07) is 0. The second kappa shape index (κ2) is 6.63. The van der Waals surface area contributed by atoms with E-state index >= 15 is 0 Å². The van der Waals surface area contributed by atoms with E-state index in [1.54, 1.807) is 13.8 Å². The minimum Gasteiger partial charge on any atom is -0.480 e. The van der Waals surface area contributed by atoms with Gasteiger partial charge in [0.2, 0.25) is 5.91 Å². The second-order valence-electron chi connectivity index (χ2n) is 4.29. The summed E-state index contributed by atoms with van der Waals surface area (Å²) in [6.45, 7) is 5.36. The zero-order chi connectivity index (χ0) is 14.5. The van der Waals surface area contributed by atoms with E-state index in [-0.39, 0.29) is 12.5 Å². The third-order valence-electron chi connectivity index (χ3n) is 3.07. The number of anilines is 1. The number of carboxylic acid groups (broad SMARTS) is 1. The number of hydrogen-bond acceptors (Lipinski definition) is 5. The van der Waals surface area contributed by atoms with Crippen molar-refractivity contribution in [3.63, 3.8) is 0 Å². The number of aryl methyl sites for hydroxylation is 1. The molecule has 3 N–H and O–H groups in total. The number of carbonyl (C=O) groups is 2. The number of rotatable bonds is 7. The molecule has 1 amide bonds. The fourth-order valence-corrected chi connectivity index (χ4v) is 2.41. The maximum absolute atomic E-state index is 11.7. The van der Waals surface area contributed by atoms with E-state index in [2.05, 4.69) is 15.6 Å². The van der Waals surface area contributed by atoms with Crippen molar-refractivity contribution in [1.29, 1.82) is 0 Å². The lowest BCUT2D eigenvalue weighted by Crippen LogP contribution is -2.53. The van der Waals surface area contributed by atoms with Gasteiger partial charge in [-0.1, -0.05) is 13.8 Å². The van der Waals surface area contributed by atoms with E-state index in [0.29, 0.717) is 18.0 Å². The number of nitrogens with one attached hydrogen (secondary N) is 2. The van der Waals surface area contributed by atoms with Crippen molar-refractivity contribution in [2.24, 2.45) is 0 Å². The lowest BCUT2D eigenvalue weighted by atomic mass is 9.93. The summed E-state index contributed by atoms with van der Waals surface area (Å²) in [4.78, 5) is 27.1. The predicted octanol–water partition coefficient (Wildman–Crippen LogP) is 1.62. The Kier molecular flexibility index (Phi) is 5.44. The molecule has 0 aliphatic rings. The Bertz CT molecular complexity index is 455. The van der Waals surface area contributed by atoms with E-state index in [9.17, 15) is 14.7 Å². The average molecular weight is 285 g/mol. The number of carboxylic acids is 1. The Morgan fingerprint density at radius 3 is 2.47 bits per heavy atom. The molecule has 106 valence electrons. The summed E-state index contributed by atoms with van der Waals surface area (Å²) in [7, 11) is 0. The first-order chi connectivity index (χ1) is 8.93. The first-order valence-corrected chi connectivity index (χ1v) is 7.02. The molecule has 6 nitrogen and oxygen atoms in total. The Hall–Kier alpha value is -1.47. The van der Waals surface area contributed by atoms with Crippen molar-refractivity contribution in [3.05, 3.63) is 11.1 Å². The lowest BCUT2D eigenvalue weighted by molar-refractivity contribution is -0.145. The second-order valence-corrected chi connectivity index (χ2v) is 5.15. The normalized spacial score (nSPS) is 11.3. The van der Waals surface area contributed by atoms with Gasteiger partial charge in [0.05, 0.1) is 12.2 Å². The Labute approximate surface area is 116 Å². The van der Waals surface area contributed by atoms with Crippen LogP contribution >= 0.6 is 11.3 Å². The summed E-state index contributed by atoms with van der Waals surface area (Å²) >= 11 is 1.34. The highest BCUT2D eigenvalue weighted by molar-refractivity contribution is 7.13. The molecular formula is C12H19N3O3S. The molecule has 1 heterocycles. The van der Waals surface area contributed by atoms with Gasteiger partial charge in [-0.25, -0.2) is 4.98 Å². The third-order valence-corrected chi connectivity index (χ3v) is 3.94. The van der Waals surface area contributed by atoms with E-state index < -0.39 is 11.5 Å². The number of amides is 1. The van der Waals surface area contributed by atoms with Crippen LogP contribution in [0.3, 0.4) is 0 Å². The van der Waals surface area contributed by atoms with Crippen LogP contribution in [0.5, 0.6) is 0 Å². The molecule has 0 spiro atoms. The molecule has 1 aromatic rings. The van der Waals surface area contributed by atoms with E-state index in [1.807, 2.05) is 12.3 Å². The van der Waals surface area contributed by atoms with Crippen molar-refractivity contribution in [1.82, 2.24) is 10.3 Å². The van der Waals surface area contributed by atoms with Gasteiger partial charge < -0.3 is 10.4 Å². The van der Waals surface area contributed by atoms with Crippen molar-refractivity contribution < 1.29 is 14.7 Å². The van der Waals surface area contributed by atoms with Crippen LogP contribution in [-0.2, 0) is 9.59 Å². The average Bonchev–Trinajstić information content (AvgIpc) is 2.76. The highest BCUT2D eigenvalue weighted by Gasteiger charge is 2.34. The van der Waals surface area contributed by atoms with Crippen LogP contribution in [0.1, 0.15) is 32.4 Å². The van der Waals surface area contributed by atoms with E-state index in [4.69, 9.17) is 0 Å². The van der Waals surface area contributed by atoms with Crippen LogP contribution in [0, 0.1) is 6.92 Å². The lowest BCUT2D eigenvalue weighted by Gasteiger charge is -2.27. The molecule has 0 unspecified atom stereocenters. The fraction of sp³-hybridized carbons (Fsp3) is 0.583. The smallest absolute Gasteiger partial charge is 0.323 e. The molecule has 0 saturated carbocycles. The summed E-state index contributed by atoms with van der Waals surface area (Å²) in [6.07, 6.45) is 0.838. The Morgan fingerprint density at radius 1 is 1.42 bits per heavy atom. The molecule has 0 aliphatic carbocycles. The summed E-state index contributed by atoms with van der Waals surface area (Å²) in [5.41, 5.74) is -0.203. The zero-order valence-corrected chi connectivity index (χ0v) is 12.1. The molecule has 7 heteroatoms. The molecule has 0 bridgehead atoms. The molecule has 0 aromatic carbocycles. The zero-order valence-electron chi connectivity index (χ0n) is 11.3. The van der Waals surface area contributed by atoms with Crippen LogP contribution in [0.2, 0.25) is 0 Å². The predicted molar refractivity (Wildman–Crippen MR) is 74.4 cm³/mol. The topological polar surface area (TPSA) is 91.3 Å². The maximum atomic E-state index is 11.7. The van der Waals surface area contributed by atoms with Gasteiger partial charge in [0.15, 0.2) is 5.13 Å². The van der Waals surface area contributed by atoms with Crippen molar-refractivity contribution in [3.8, 4) is 0 Å². The molecule has 1 rings (SSSR count). The van der Waals surface area contributed by atoms with Gasteiger partial charge in [0.25, 0.3) is 0 Å². The first-order valence-electron chi connectivity index (χ1n) is 6.14. The number of hydrogen-bond donors (Lipinski definition) is 3. The minimum absolute atomic E-state index is 0.0490. The van der Waals surface area contributed by atoms with Crippen molar-refractivity contribution in [2.45, 2.75) is 39.2 Å². The number of aliphatic carboxylic acids is 1. The van der Waals surface area contributed by atoms with Crippen LogP contribution in [0.15, 0.2) is 5.38 Å². The van der Waals surface area contributed by atoms with Gasteiger partial charge >= 0.3 is 5.97 Å². The van der Waals surface area contributed by atoms with Crippen LogP contribution in [0.25, 0.3) is 0 Å². The monoisotopic (exact) mass is 285 g/mol. The molecule has 0 atom stereocenters. The molecule has 0 radical (unpaired) electrons. The highest BCUT2D eigenvalue weighted by Crippen LogP contribution is 2.16. The number of thiazole rings is 1. The van der Waals surface area contributed by atoms with Crippen LogP contribution in [0.4, 0.5) is 5.13 Å². The number of aromatic nitrogens is 1. The highest BCUT2D eigenvalue weighted by atomic mass is 32.1. The van der Waals surface area contributed by atoms with Gasteiger partial charge in [0, 0.05) is 5.38 Å². The standard InChI is InChI=1S/C12H19N3O3S/c1-4-12(5-2,10(17)18)13-6-9(16)15-11-14-8(3)7-19-11/h7,13H,4-6H2,1-3H3,(H,17,18)(H,14,15,16). The molecule has 1 aromatic heterocycles. The molecule has 19 heavy (non-hydrogen) atoms.